The van der Waals surface area contributed by atoms with E-state index in [1.165, 1.54) is 49.4 Å². The van der Waals surface area contributed by atoms with Crippen molar-refractivity contribution in [3.63, 3.8) is 0 Å². The lowest BCUT2D eigenvalue weighted by atomic mass is 10.2. The smallest absolute Gasteiger partial charge is 0.202 e. The average molecular weight is 257 g/mol. The second kappa shape index (κ2) is 6.45. The highest BCUT2D eigenvalue weighted by Gasteiger charge is 2.27. The van der Waals surface area contributed by atoms with Crippen molar-refractivity contribution in [1.82, 2.24) is 9.36 Å². The quantitative estimate of drug-likeness (QED) is 0.725. The van der Waals surface area contributed by atoms with E-state index in [4.69, 9.17) is 0 Å². The van der Waals surface area contributed by atoms with E-state index in [1.54, 1.807) is 0 Å². The summed E-state index contributed by atoms with van der Waals surface area (Å²) < 4.78 is 4.37. The third-order valence-corrected chi connectivity index (χ3v) is 4.07. The maximum absolute atomic E-state index is 4.50. The van der Waals surface area contributed by atoms with Crippen molar-refractivity contribution in [3.8, 4) is 0 Å². The molecule has 1 saturated carbocycles. The van der Waals surface area contributed by atoms with Crippen LogP contribution in [0.25, 0.3) is 0 Å². The van der Waals surface area contributed by atoms with Gasteiger partial charge in [-0.2, -0.15) is 16.1 Å². The fourth-order valence-corrected chi connectivity index (χ4v) is 2.72. The molecule has 3 nitrogen and oxygen atoms in total. The second-order valence-corrected chi connectivity index (χ2v) is 5.95. The number of aromatic nitrogens is 2. The normalized spacial score (nSPS) is 15.3. The molecule has 1 aliphatic rings. The Labute approximate surface area is 106 Å². The highest BCUT2D eigenvalue weighted by atomic mass is 32.2. The van der Waals surface area contributed by atoms with E-state index >= 15 is 0 Å². The minimum atomic E-state index is 0.674. The first-order valence-electron chi connectivity index (χ1n) is 5.96. The van der Waals surface area contributed by atoms with Gasteiger partial charge in [0, 0.05) is 24.0 Å². The Hall–Kier alpha value is -0.290. The van der Waals surface area contributed by atoms with Gasteiger partial charge in [-0.25, -0.2) is 4.98 Å². The first kappa shape index (κ1) is 12.2. The number of nitrogens with zero attached hydrogens (tertiary/aromatic N) is 2. The van der Waals surface area contributed by atoms with Gasteiger partial charge in [-0.15, -0.1) is 0 Å². The number of anilines is 1. The summed E-state index contributed by atoms with van der Waals surface area (Å²) in [4.78, 5) is 4.50. The van der Waals surface area contributed by atoms with Gasteiger partial charge in [0.1, 0.15) is 5.82 Å². The molecule has 0 saturated heterocycles. The van der Waals surface area contributed by atoms with Crippen molar-refractivity contribution in [1.29, 1.82) is 0 Å². The third kappa shape index (κ3) is 3.94. The van der Waals surface area contributed by atoms with Crippen molar-refractivity contribution in [2.45, 2.75) is 38.0 Å². The number of unbranched alkanes of at least 4 members (excludes halogenated alkanes) is 2. The van der Waals surface area contributed by atoms with Crippen LogP contribution < -0.4 is 5.32 Å². The van der Waals surface area contributed by atoms with E-state index in [0.29, 0.717) is 5.92 Å². The van der Waals surface area contributed by atoms with Gasteiger partial charge in [0.05, 0.1) is 0 Å². The molecule has 0 atom stereocenters. The summed E-state index contributed by atoms with van der Waals surface area (Å²) in [6.07, 6.45) is 8.60. The summed E-state index contributed by atoms with van der Waals surface area (Å²) >= 11 is 3.44. The number of thioether (sulfide) groups is 1. The second-order valence-electron chi connectivity index (χ2n) is 4.21. The van der Waals surface area contributed by atoms with E-state index in [-0.39, 0.29) is 0 Å². The molecule has 0 spiro atoms. The Balaban J connectivity index is 1.57. The predicted octanol–water partition coefficient (Wildman–Crippen LogP) is 3.36. The molecule has 0 bridgehead atoms. The van der Waals surface area contributed by atoms with Crippen LogP contribution in [0, 0.1) is 0 Å². The zero-order valence-corrected chi connectivity index (χ0v) is 11.4. The summed E-state index contributed by atoms with van der Waals surface area (Å²) in [5.41, 5.74) is 0. The van der Waals surface area contributed by atoms with Crippen LogP contribution in [0.15, 0.2) is 0 Å². The maximum Gasteiger partial charge on any atom is 0.202 e. The molecular weight excluding hydrogens is 238 g/mol. The van der Waals surface area contributed by atoms with E-state index < -0.39 is 0 Å². The topological polar surface area (TPSA) is 37.8 Å². The number of hydrogen-bond acceptors (Lipinski definition) is 5. The molecule has 0 radical (unpaired) electrons. The predicted molar refractivity (Wildman–Crippen MR) is 72.6 cm³/mol. The molecule has 90 valence electrons. The Morgan fingerprint density at radius 1 is 1.38 bits per heavy atom. The molecule has 1 aromatic rings. The summed E-state index contributed by atoms with van der Waals surface area (Å²) in [5.74, 6) is 3.02. The zero-order chi connectivity index (χ0) is 11.2. The molecule has 1 aromatic heterocycles. The molecule has 0 aliphatic heterocycles. The number of rotatable bonds is 8. The van der Waals surface area contributed by atoms with Crippen molar-refractivity contribution in [2.24, 2.45) is 0 Å². The van der Waals surface area contributed by atoms with E-state index in [2.05, 4.69) is 20.9 Å². The Morgan fingerprint density at radius 2 is 2.25 bits per heavy atom. The molecule has 0 aromatic carbocycles. The van der Waals surface area contributed by atoms with Crippen LogP contribution in [0.5, 0.6) is 0 Å². The molecule has 0 unspecified atom stereocenters. The molecule has 1 fully saturated rings. The summed E-state index contributed by atoms with van der Waals surface area (Å²) in [7, 11) is 0. The highest BCUT2D eigenvalue weighted by molar-refractivity contribution is 7.98. The van der Waals surface area contributed by atoms with Crippen LogP contribution in [0.2, 0.25) is 0 Å². The van der Waals surface area contributed by atoms with Crippen LogP contribution in [0.3, 0.4) is 0 Å². The van der Waals surface area contributed by atoms with Gasteiger partial charge < -0.3 is 5.32 Å². The molecule has 1 aliphatic carbocycles. The largest absolute Gasteiger partial charge is 0.360 e. The molecule has 0 amide bonds. The lowest BCUT2D eigenvalue weighted by molar-refractivity contribution is 0.749. The number of hydrogen-bond donors (Lipinski definition) is 1. The Bertz CT molecular complexity index is 310. The van der Waals surface area contributed by atoms with Gasteiger partial charge in [0.15, 0.2) is 0 Å². The Kier molecular flexibility index (Phi) is 4.91. The average Bonchev–Trinajstić information content (AvgIpc) is 3.04. The maximum atomic E-state index is 4.50. The van der Waals surface area contributed by atoms with Gasteiger partial charge in [-0.1, -0.05) is 6.42 Å². The van der Waals surface area contributed by atoms with E-state index in [1.807, 2.05) is 11.8 Å². The van der Waals surface area contributed by atoms with E-state index in [0.717, 1.165) is 17.5 Å². The minimum Gasteiger partial charge on any atom is -0.360 e. The summed E-state index contributed by atoms with van der Waals surface area (Å²) in [6, 6.07) is 0. The summed E-state index contributed by atoms with van der Waals surface area (Å²) in [6.45, 7) is 1.04. The van der Waals surface area contributed by atoms with Crippen LogP contribution in [0.4, 0.5) is 5.13 Å². The molecular formula is C11H19N3S2. The monoisotopic (exact) mass is 257 g/mol. The first-order valence-corrected chi connectivity index (χ1v) is 8.13. The van der Waals surface area contributed by atoms with Gasteiger partial charge in [-0.05, 0) is 37.7 Å². The minimum absolute atomic E-state index is 0.674. The summed E-state index contributed by atoms with van der Waals surface area (Å²) in [5, 5.41) is 4.37. The van der Waals surface area contributed by atoms with Crippen molar-refractivity contribution >= 4 is 28.4 Å². The number of nitrogens with one attached hydrogen (secondary N) is 1. The van der Waals surface area contributed by atoms with Crippen LogP contribution in [-0.2, 0) is 0 Å². The zero-order valence-electron chi connectivity index (χ0n) is 9.74. The van der Waals surface area contributed by atoms with Crippen LogP contribution in [0.1, 0.15) is 43.8 Å². The standard InChI is InChI=1S/C11H19N3S2/c1-15-8-4-2-3-7-12-11-13-10(14-16-11)9-5-6-9/h9H,2-8H2,1H3,(H,12,13,14). The van der Waals surface area contributed by atoms with Crippen LogP contribution >= 0.6 is 23.3 Å². The van der Waals surface area contributed by atoms with Crippen molar-refractivity contribution < 1.29 is 0 Å². The first-order chi connectivity index (χ1) is 7.90. The molecule has 16 heavy (non-hydrogen) atoms. The van der Waals surface area contributed by atoms with Gasteiger partial charge >= 0.3 is 0 Å². The molecule has 1 N–H and O–H groups in total. The van der Waals surface area contributed by atoms with E-state index in [9.17, 15) is 0 Å². The third-order valence-electron chi connectivity index (χ3n) is 2.69. The van der Waals surface area contributed by atoms with Crippen LogP contribution in [-0.4, -0.2) is 27.9 Å². The molecule has 1 heterocycles. The lowest BCUT2D eigenvalue weighted by Crippen LogP contribution is -2.01. The Morgan fingerprint density at radius 3 is 3.00 bits per heavy atom. The molecule has 5 heteroatoms. The fourth-order valence-electron chi connectivity index (χ4n) is 1.56. The fraction of sp³-hybridized carbons (Fsp3) is 0.818. The van der Waals surface area contributed by atoms with Gasteiger partial charge in [0.25, 0.3) is 0 Å². The van der Waals surface area contributed by atoms with Gasteiger partial charge in [-0.3, -0.25) is 0 Å². The van der Waals surface area contributed by atoms with Crippen molar-refractivity contribution in [2.75, 3.05) is 23.9 Å². The van der Waals surface area contributed by atoms with Gasteiger partial charge in [0.2, 0.25) is 5.13 Å². The highest BCUT2D eigenvalue weighted by Crippen LogP contribution is 2.39. The SMILES string of the molecule is CSCCCCCNc1nc(C2CC2)ns1. The van der Waals surface area contributed by atoms with Crippen molar-refractivity contribution in [3.05, 3.63) is 5.82 Å². The molecule has 2 rings (SSSR count). The lowest BCUT2D eigenvalue weighted by Gasteiger charge is -2.01.